The standard InChI is InChI=1S/C18H15ClNO2P/c19-20-14-4-5-16(20)11-8-15-9-12-18(13-10-15)22-23-21-17-6-2-1-3-7-17/h1-14,23H/b11-8+. The molecule has 1 atom stereocenters. The number of aromatic nitrogens is 1. The molecule has 3 nitrogen and oxygen atoms in total. The molecule has 116 valence electrons. The first-order chi connectivity index (χ1) is 11.3. The number of nitrogens with zero attached hydrogens (tertiary/aromatic N) is 1. The van der Waals surface area contributed by atoms with Crippen molar-refractivity contribution >= 4 is 33.0 Å². The van der Waals surface area contributed by atoms with E-state index in [2.05, 4.69) is 0 Å². The fourth-order valence-corrected chi connectivity index (χ4v) is 2.62. The Bertz CT molecular complexity index is 769. The lowest BCUT2D eigenvalue weighted by Crippen LogP contribution is -1.85. The SMILES string of the molecule is Cln1cccc1/C=C/c1ccc(OPOc2ccccc2)cc1. The Hall–Kier alpha value is -2.22. The molecule has 1 unspecified atom stereocenters. The molecule has 0 saturated heterocycles. The van der Waals surface area contributed by atoms with Gasteiger partial charge in [-0.1, -0.05) is 36.4 Å². The maximum atomic E-state index is 5.97. The highest BCUT2D eigenvalue weighted by Gasteiger charge is 1.97. The maximum Gasteiger partial charge on any atom is 0.275 e. The van der Waals surface area contributed by atoms with E-state index in [1.165, 1.54) is 0 Å². The summed E-state index contributed by atoms with van der Waals surface area (Å²) in [5.74, 6) is 1.58. The lowest BCUT2D eigenvalue weighted by atomic mass is 10.2. The van der Waals surface area contributed by atoms with E-state index in [4.69, 9.17) is 20.8 Å². The van der Waals surface area contributed by atoms with Crippen molar-refractivity contribution in [2.45, 2.75) is 0 Å². The van der Waals surface area contributed by atoms with Gasteiger partial charge in [-0.25, -0.2) is 0 Å². The van der Waals surface area contributed by atoms with Crippen molar-refractivity contribution in [2.75, 3.05) is 0 Å². The van der Waals surface area contributed by atoms with Crippen molar-refractivity contribution in [3.8, 4) is 11.5 Å². The molecule has 0 aliphatic carbocycles. The average Bonchev–Trinajstić information content (AvgIpc) is 3.00. The van der Waals surface area contributed by atoms with E-state index in [9.17, 15) is 0 Å². The van der Waals surface area contributed by atoms with Gasteiger partial charge in [-0.3, -0.25) is 4.09 Å². The monoisotopic (exact) mass is 343 g/mol. The Kier molecular flexibility index (Phi) is 5.36. The van der Waals surface area contributed by atoms with E-state index in [0.717, 1.165) is 22.8 Å². The van der Waals surface area contributed by atoms with Gasteiger partial charge in [0.05, 0.1) is 5.69 Å². The van der Waals surface area contributed by atoms with Crippen LogP contribution in [0.5, 0.6) is 11.5 Å². The third-order valence-corrected chi connectivity index (χ3v) is 4.07. The van der Waals surface area contributed by atoms with Crippen LogP contribution in [-0.4, -0.2) is 4.09 Å². The second-order valence-corrected chi connectivity index (χ2v) is 5.69. The van der Waals surface area contributed by atoms with Gasteiger partial charge in [-0.05, 0) is 48.0 Å². The van der Waals surface area contributed by atoms with Gasteiger partial charge in [0, 0.05) is 18.0 Å². The van der Waals surface area contributed by atoms with Gasteiger partial charge in [0.2, 0.25) is 0 Å². The van der Waals surface area contributed by atoms with Crippen molar-refractivity contribution in [3.63, 3.8) is 0 Å². The molecule has 1 heterocycles. The highest BCUT2D eigenvalue weighted by molar-refractivity contribution is 7.27. The van der Waals surface area contributed by atoms with E-state index < -0.39 is 0 Å². The van der Waals surface area contributed by atoms with Crippen LogP contribution in [0, 0.1) is 0 Å². The molecule has 0 amide bonds. The lowest BCUT2D eigenvalue weighted by Gasteiger charge is -2.07. The van der Waals surface area contributed by atoms with Crippen LogP contribution in [0.25, 0.3) is 12.2 Å². The van der Waals surface area contributed by atoms with Gasteiger partial charge in [0.15, 0.2) is 0 Å². The molecule has 0 fully saturated rings. The zero-order valence-corrected chi connectivity index (χ0v) is 14.0. The van der Waals surface area contributed by atoms with Crippen molar-refractivity contribution in [1.29, 1.82) is 0 Å². The molecule has 0 bridgehead atoms. The van der Waals surface area contributed by atoms with E-state index in [1.54, 1.807) is 10.3 Å². The predicted molar refractivity (Wildman–Crippen MR) is 97.1 cm³/mol. The Balaban J connectivity index is 1.53. The summed E-state index contributed by atoms with van der Waals surface area (Å²) in [5.41, 5.74) is 2.01. The van der Waals surface area contributed by atoms with Crippen molar-refractivity contribution in [3.05, 3.63) is 84.2 Å². The van der Waals surface area contributed by atoms with Gasteiger partial charge in [-0.2, -0.15) is 0 Å². The highest BCUT2D eigenvalue weighted by atomic mass is 35.5. The van der Waals surface area contributed by atoms with Crippen molar-refractivity contribution < 1.29 is 9.05 Å². The molecule has 0 spiro atoms. The molecule has 3 aromatic rings. The smallest absolute Gasteiger partial charge is 0.275 e. The van der Waals surface area contributed by atoms with Crippen LogP contribution in [0.4, 0.5) is 0 Å². The Morgan fingerprint density at radius 2 is 1.48 bits per heavy atom. The third kappa shape index (κ3) is 4.62. The van der Waals surface area contributed by atoms with Gasteiger partial charge in [-0.15, -0.1) is 0 Å². The number of hydrogen-bond donors (Lipinski definition) is 0. The summed E-state index contributed by atoms with van der Waals surface area (Å²) < 4.78 is 12.7. The fourth-order valence-electron chi connectivity index (χ4n) is 1.94. The number of hydrogen-bond acceptors (Lipinski definition) is 2. The molecule has 0 N–H and O–H groups in total. The maximum absolute atomic E-state index is 5.97. The van der Waals surface area contributed by atoms with Crippen molar-refractivity contribution in [1.82, 2.24) is 4.09 Å². The van der Waals surface area contributed by atoms with Crippen LogP contribution in [0.1, 0.15) is 11.3 Å². The average molecular weight is 344 g/mol. The molecular formula is C18H15ClNO2P. The summed E-state index contributed by atoms with van der Waals surface area (Å²) in [6, 6.07) is 21.3. The molecule has 3 rings (SSSR count). The first kappa shape index (κ1) is 15.7. The van der Waals surface area contributed by atoms with Gasteiger partial charge < -0.3 is 9.05 Å². The molecule has 0 aliphatic rings. The summed E-state index contributed by atoms with van der Waals surface area (Å²) >= 11 is 5.97. The Labute approximate surface area is 142 Å². The number of benzene rings is 2. The normalized spacial score (nSPS) is 11.3. The van der Waals surface area contributed by atoms with E-state index >= 15 is 0 Å². The number of rotatable bonds is 6. The third-order valence-electron chi connectivity index (χ3n) is 3.12. The minimum absolute atomic E-state index is 0.0739. The zero-order chi connectivity index (χ0) is 15.9. The molecule has 2 aromatic carbocycles. The number of halogens is 1. The van der Waals surface area contributed by atoms with Gasteiger partial charge in [0.25, 0.3) is 9.03 Å². The van der Waals surface area contributed by atoms with Gasteiger partial charge >= 0.3 is 0 Å². The summed E-state index contributed by atoms with van der Waals surface area (Å²) in [5, 5.41) is 0. The summed E-state index contributed by atoms with van der Waals surface area (Å²) in [4.78, 5) is 0. The molecule has 1 aromatic heterocycles. The molecule has 23 heavy (non-hydrogen) atoms. The summed E-state index contributed by atoms with van der Waals surface area (Å²) in [6.45, 7) is 0. The topological polar surface area (TPSA) is 23.4 Å². The Morgan fingerprint density at radius 1 is 0.783 bits per heavy atom. The van der Waals surface area contributed by atoms with Gasteiger partial charge in [0.1, 0.15) is 11.5 Å². The highest BCUT2D eigenvalue weighted by Crippen LogP contribution is 2.25. The fraction of sp³-hybridized carbons (Fsp3) is 0. The Morgan fingerprint density at radius 3 is 2.13 bits per heavy atom. The first-order valence-electron chi connectivity index (χ1n) is 7.07. The lowest BCUT2D eigenvalue weighted by molar-refractivity contribution is 0.516. The second-order valence-electron chi connectivity index (χ2n) is 4.75. The molecule has 5 heteroatoms. The largest absolute Gasteiger partial charge is 0.441 e. The minimum Gasteiger partial charge on any atom is -0.441 e. The summed E-state index contributed by atoms with van der Waals surface area (Å²) in [7, 11) is -0.0739. The first-order valence-corrected chi connectivity index (χ1v) is 8.22. The van der Waals surface area contributed by atoms with Crippen LogP contribution < -0.4 is 9.05 Å². The molecule has 0 saturated carbocycles. The van der Waals surface area contributed by atoms with Crippen LogP contribution in [0.3, 0.4) is 0 Å². The van der Waals surface area contributed by atoms with Crippen LogP contribution in [0.2, 0.25) is 0 Å². The van der Waals surface area contributed by atoms with E-state index in [0.29, 0.717) is 0 Å². The zero-order valence-electron chi connectivity index (χ0n) is 12.2. The molecule has 0 radical (unpaired) electrons. The number of para-hydroxylation sites is 1. The molecule has 0 aliphatic heterocycles. The quantitative estimate of drug-likeness (QED) is 0.542. The van der Waals surface area contributed by atoms with Crippen LogP contribution >= 0.6 is 20.8 Å². The predicted octanol–water partition coefficient (Wildman–Crippen LogP) is 5.63. The molecular weight excluding hydrogens is 329 g/mol. The van der Waals surface area contributed by atoms with E-state index in [-0.39, 0.29) is 9.03 Å². The second kappa shape index (κ2) is 7.87. The van der Waals surface area contributed by atoms with E-state index in [1.807, 2.05) is 78.9 Å². The van der Waals surface area contributed by atoms with Crippen LogP contribution in [-0.2, 0) is 0 Å². The minimum atomic E-state index is -0.0739. The summed E-state index contributed by atoms with van der Waals surface area (Å²) in [6.07, 6.45) is 5.76. The van der Waals surface area contributed by atoms with Crippen LogP contribution in [0.15, 0.2) is 72.9 Å². The van der Waals surface area contributed by atoms with Crippen molar-refractivity contribution in [2.24, 2.45) is 0 Å².